The zero-order valence-electron chi connectivity index (χ0n) is 12.1. The number of nitrogens with two attached hydrogens (primary N) is 1. The number of nitro groups is 1. The summed E-state index contributed by atoms with van der Waals surface area (Å²) in [7, 11) is 0. The molecule has 8 heteroatoms. The van der Waals surface area contributed by atoms with Gasteiger partial charge in [0.1, 0.15) is 0 Å². The van der Waals surface area contributed by atoms with Crippen molar-refractivity contribution >= 4 is 17.3 Å². The molecule has 8 nitrogen and oxygen atoms in total. The molecular formula is C13H19N5O3. The van der Waals surface area contributed by atoms with Crippen LogP contribution >= 0.6 is 0 Å². The van der Waals surface area contributed by atoms with Crippen molar-refractivity contribution in [3.05, 3.63) is 27.9 Å². The fourth-order valence-corrected chi connectivity index (χ4v) is 2.35. The summed E-state index contributed by atoms with van der Waals surface area (Å²) in [5, 5.41) is 22.7. The number of piperidine rings is 1. The van der Waals surface area contributed by atoms with Gasteiger partial charge in [-0.15, -0.1) is 0 Å². The lowest BCUT2D eigenvalue weighted by Crippen LogP contribution is -2.38. The third kappa shape index (κ3) is 3.21. The van der Waals surface area contributed by atoms with E-state index in [-0.39, 0.29) is 22.5 Å². The molecule has 1 saturated heterocycles. The molecule has 0 spiro atoms. The van der Waals surface area contributed by atoms with Crippen LogP contribution in [-0.2, 0) is 0 Å². The molecule has 1 aliphatic rings. The Hall–Kier alpha value is -2.38. The Bertz CT molecular complexity index is 575. The predicted molar refractivity (Wildman–Crippen MR) is 78.6 cm³/mol. The van der Waals surface area contributed by atoms with Crippen LogP contribution in [0.15, 0.2) is 17.4 Å². The molecule has 0 saturated carbocycles. The molecule has 1 fully saturated rings. The number of hydrogen-bond acceptors (Lipinski definition) is 6. The lowest BCUT2D eigenvalue weighted by atomic mass is 9.82. The van der Waals surface area contributed by atoms with Crippen LogP contribution in [-0.4, -0.2) is 34.0 Å². The van der Waals surface area contributed by atoms with Crippen LogP contribution in [0.1, 0.15) is 32.3 Å². The first-order valence-corrected chi connectivity index (χ1v) is 6.71. The zero-order chi connectivity index (χ0) is 15.6. The molecule has 2 rings (SSSR count). The molecular weight excluding hydrogens is 274 g/mol. The van der Waals surface area contributed by atoms with Crippen LogP contribution in [0, 0.1) is 15.5 Å². The molecule has 0 unspecified atom stereocenters. The highest BCUT2D eigenvalue weighted by atomic mass is 16.6. The van der Waals surface area contributed by atoms with Gasteiger partial charge in [0.15, 0.2) is 5.84 Å². The monoisotopic (exact) mass is 293 g/mol. The van der Waals surface area contributed by atoms with E-state index in [0.717, 1.165) is 25.9 Å². The molecule has 21 heavy (non-hydrogen) atoms. The first-order chi connectivity index (χ1) is 9.84. The molecule has 0 aromatic carbocycles. The van der Waals surface area contributed by atoms with Crippen molar-refractivity contribution in [2.75, 3.05) is 18.0 Å². The van der Waals surface area contributed by atoms with Gasteiger partial charge in [0.05, 0.1) is 4.92 Å². The molecule has 0 amide bonds. The number of amidine groups is 1. The quantitative estimate of drug-likeness (QED) is 0.288. The van der Waals surface area contributed by atoms with E-state index >= 15 is 0 Å². The Balaban J connectivity index is 2.34. The molecule has 0 atom stereocenters. The standard InChI is InChI=1S/C13H19N5O3/c1-13(2)3-5-17(6-4-13)12-10(18(20)21)7-9(8-15-12)11(14)16-19/h7-8,19H,3-6H2,1-2H3,(H2,14,16). The smallest absolute Gasteiger partial charge is 0.312 e. The Morgan fingerprint density at radius 3 is 2.67 bits per heavy atom. The van der Waals surface area contributed by atoms with Crippen molar-refractivity contribution in [1.82, 2.24) is 4.98 Å². The van der Waals surface area contributed by atoms with Crippen LogP contribution < -0.4 is 10.6 Å². The lowest BCUT2D eigenvalue weighted by Gasteiger charge is -2.37. The number of hydrogen-bond donors (Lipinski definition) is 2. The summed E-state index contributed by atoms with van der Waals surface area (Å²) >= 11 is 0. The van der Waals surface area contributed by atoms with Gasteiger partial charge < -0.3 is 15.8 Å². The Morgan fingerprint density at radius 2 is 2.14 bits per heavy atom. The van der Waals surface area contributed by atoms with E-state index in [1.807, 2.05) is 4.90 Å². The summed E-state index contributed by atoms with van der Waals surface area (Å²) in [5.41, 5.74) is 5.80. The maximum absolute atomic E-state index is 11.3. The molecule has 0 radical (unpaired) electrons. The second-order valence-corrected chi connectivity index (χ2v) is 5.96. The normalized spacial score (nSPS) is 18.6. The van der Waals surface area contributed by atoms with E-state index in [1.165, 1.54) is 12.3 Å². The fourth-order valence-electron chi connectivity index (χ4n) is 2.35. The number of anilines is 1. The third-order valence-electron chi connectivity index (χ3n) is 3.86. The predicted octanol–water partition coefficient (Wildman–Crippen LogP) is 1.71. The van der Waals surface area contributed by atoms with E-state index in [4.69, 9.17) is 10.9 Å². The van der Waals surface area contributed by atoms with Crippen molar-refractivity contribution in [3.8, 4) is 0 Å². The Kier molecular flexibility index (Phi) is 3.97. The van der Waals surface area contributed by atoms with Gasteiger partial charge in [0.25, 0.3) is 0 Å². The van der Waals surface area contributed by atoms with Crippen LogP contribution in [0.2, 0.25) is 0 Å². The summed E-state index contributed by atoms with van der Waals surface area (Å²) in [6.45, 7) is 5.83. The lowest BCUT2D eigenvalue weighted by molar-refractivity contribution is -0.384. The van der Waals surface area contributed by atoms with E-state index in [0.29, 0.717) is 5.82 Å². The van der Waals surface area contributed by atoms with Crippen molar-refractivity contribution in [2.45, 2.75) is 26.7 Å². The van der Waals surface area contributed by atoms with Crippen LogP contribution in [0.5, 0.6) is 0 Å². The molecule has 0 aliphatic carbocycles. The molecule has 1 aliphatic heterocycles. The van der Waals surface area contributed by atoms with Gasteiger partial charge in [-0.05, 0) is 18.3 Å². The summed E-state index contributed by atoms with van der Waals surface area (Å²) in [6, 6.07) is 1.29. The number of rotatable bonds is 3. The number of pyridine rings is 1. The summed E-state index contributed by atoms with van der Waals surface area (Å²) in [5.74, 6) is 0.141. The molecule has 0 bridgehead atoms. The largest absolute Gasteiger partial charge is 0.409 e. The number of oxime groups is 1. The minimum absolute atomic E-state index is 0.126. The topological polar surface area (TPSA) is 118 Å². The Morgan fingerprint density at radius 1 is 1.52 bits per heavy atom. The van der Waals surface area contributed by atoms with Crippen molar-refractivity contribution in [3.63, 3.8) is 0 Å². The third-order valence-corrected chi connectivity index (χ3v) is 3.86. The molecule has 1 aromatic rings. The maximum atomic E-state index is 11.3. The van der Waals surface area contributed by atoms with Gasteiger partial charge in [-0.25, -0.2) is 4.98 Å². The summed E-state index contributed by atoms with van der Waals surface area (Å²) in [4.78, 5) is 16.8. The highest BCUT2D eigenvalue weighted by Crippen LogP contribution is 2.34. The minimum atomic E-state index is -0.490. The van der Waals surface area contributed by atoms with Gasteiger partial charge in [0, 0.05) is 30.9 Å². The fraction of sp³-hybridized carbons (Fsp3) is 0.538. The van der Waals surface area contributed by atoms with Gasteiger partial charge in [0.2, 0.25) is 5.82 Å². The maximum Gasteiger partial charge on any atom is 0.312 e. The zero-order valence-corrected chi connectivity index (χ0v) is 12.1. The van der Waals surface area contributed by atoms with Crippen molar-refractivity contribution in [2.24, 2.45) is 16.3 Å². The van der Waals surface area contributed by atoms with Crippen LogP contribution in [0.3, 0.4) is 0 Å². The second-order valence-electron chi connectivity index (χ2n) is 5.96. The average Bonchev–Trinajstić information content (AvgIpc) is 2.46. The van der Waals surface area contributed by atoms with E-state index in [1.54, 1.807) is 0 Å². The van der Waals surface area contributed by atoms with Crippen molar-refractivity contribution < 1.29 is 10.1 Å². The minimum Gasteiger partial charge on any atom is -0.409 e. The molecule has 2 heterocycles. The van der Waals surface area contributed by atoms with E-state index in [2.05, 4.69) is 24.0 Å². The summed E-state index contributed by atoms with van der Waals surface area (Å²) < 4.78 is 0. The Labute approximate surface area is 122 Å². The molecule has 114 valence electrons. The molecule has 1 aromatic heterocycles. The van der Waals surface area contributed by atoms with Crippen LogP contribution in [0.25, 0.3) is 0 Å². The van der Waals surface area contributed by atoms with Crippen LogP contribution in [0.4, 0.5) is 11.5 Å². The second kappa shape index (κ2) is 5.55. The van der Waals surface area contributed by atoms with Gasteiger partial charge >= 0.3 is 5.69 Å². The summed E-state index contributed by atoms with van der Waals surface area (Å²) in [6.07, 6.45) is 3.29. The van der Waals surface area contributed by atoms with Gasteiger partial charge in [-0.2, -0.15) is 0 Å². The number of nitrogens with zero attached hydrogens (tertiary/aromatic N) is 4. The molecule has 3 N–H and O–H groups in total. The highest BCUT2D eigenvalue weighted by Gasteiger charge is 2.30. The SMILES string of the molecule is CC1(C)CCN(c2ncc(C(N)=NO)cc2[N+](=O)[O-])CC1. The van der Waals surface area contributed by atoms with Gasteiger partial charge in [-0.3, -0.25) is 10.1 Å². The first-order valence-electron chi connectivity index (χ1n) is 6.71. The van der Waals surface area contributed by atoms with E-state index < -0.39 is 4.92 Å². The van der Waals surface area contributed by atoms with Gasteiger partial charge in [-0.1, -0.05) is 19.0 Å². The van der Waals surface area contributed by atoms with Crippen molar-refractivity contribution in [1.29, 1.82) is 0 Å². The first kappa shape index (κ1) is 15.0. The highest BCUT2D eigenvalue weighted by molar-refractivity contribution is 5.97. The average molecular weight is 293 g/mol. The van der Waals surface area contributed by atoms with E-state index in [9.17, 15) is 10.1 Å². The number of aromatic nitrogens is 1.